The summed E-state index contributed by atoms with van der Waals surface area (Å²) in [5.41, 5.74) is 3.78. The lowest BCUT2D eigenvalue weighted by atomic mass is 9.63. The van der Waals surface area contributed by atoms with Gasteiger partial charge in [-0.2, -0.15) is 0 Å². The van der Waals surface area contributed by atoms with E-state index in [1.54, 1.807) is 0 Å². The number of fused-ring (bicyclic) bond motifs is 5. The van der Waals surface area contributed by atoms with Gasteiger partial charge in [-0.25, -0.2) is 4.21 Å². The Balaban J connectivity index is 1.10. The van der Waals surface area contributed by atoms with E-state index >= 15 is 0 Å². The van der Waals surface area contributed by atoms with Crippen LogP contribution in [0, 0.1) is 23.7 Å². The minimum atomic E-state index is -1.52. The number of aryl methyl sites for hydroxylation is 1. The number of ether oxygens (including phenoxy) is 3. The van der Waals surface area contributed by atoms with Gasteiger partial charge in [0.15, 0.2) is 0 Å². The highest BCUT2D eigenvalue weighted by molar-refractivity contribution is 7.84. The Morgan fingerprint density at radius 2 is 1.93 bits per heavy atom. The van der Waals surface area contributed by atoms with E-state index in [1.165, 1.54) is 30.4 Å². The smallest absolute Gasteiger partial charge is 0.263 e. The molecule has 304 valence electrons. The molecule has 9 nitrogen and oxygen atoms in total. The molecule has 2 aromatic rings. The zero-order chi connectivity index (χ0) is 38.3. The van der Waals surface area contributed by atoms with Crippen molar-refractivity contribution in [1.82, 2.24) is 14.5 Å². The number of carbonyl (C=O) groups is 1. The van der Waals surface area contributed by atoms with E-state index in [2.05, 4.69) is 69.7 Å². The summed E-state index contributed by atoms with van der Waals surface area (Å²) in [6, 6.07) is 15.3. The highest BCUT2D eigenvalue weighted by Crippen LogP contribution is 2.49. The summed E-state index contributed by atoms with van der Waals surface area (Å²) in [5.74, 6) is 2.05. The molecule has 4 fully saturated rings. The van der Waals surface area contributed by atoms with Crippen molar-refractivity contribution in [3.8, 4) is 5.75 Å². The second-order valence-corrected chi connectivity index (χ2v) is 19.8. The number of benzene rings is 2. The minimum absolute atomic E-state index is 0.119. The van der Waals surface area contributed by atoms with Crippen LogP contribution in [0.2, 0.25) is 0 Å². The lowest BCUT2D eigenvalue weighted by molar-refractivity contribution is -0.121. The second kappa shape index (κ2) is 16.5. The Kier molecular flexibility index (Phi) is 11.4. The van der Waals surface area contributed by atoms with Gasteiger partial charge in [0.1, 0.15) is 22.3 Å². The Bertz CT molecular complexity index is 1790. The summed E-state index contributed by atoms with van der Waals surface area (Å²) in [6.45, 7) is 14.0. The fourth-order valence-corrected chi connectivity index (χ4v) is 12.9. The van der Waals surface area contributed by atoms with Gasteiger partial charge >= 0.3 is 0 Å². The summed E-state index contributed by atoms with van der Waals surface area (Å²) in [7, 11) is -1.52. The standard InChI is InChI=1S/C46H64N4O5S/c1-3-55-46(31-48-21-22-49-23-24-53-29-38(49)28-48)20-7-9-33(2)43(25-34-10-6-11-34)56(52)47-44(51)36-16-18-42-41(26-36)50(27-37-15-17-40(37)46)30-45(32-54-42)19-8-13-35-12-4-5-14-39(35)45/h4-5,7,12,14,16,18,20,26,33-34,37-38,40,43H,3,6,8-11,13,15,17,19,21-25,27-32H2,1-2H3,(H,47,51)/b20-7+/t33?,37?,38?,40?,43?,45-,46-,56?/m0/s1. The number of morpholine rings is 1. The first-order chi connectivity index (χ1) is 27.3. The van der Waals surface area contributed by atoms with Crippen LogP contribution in [0.3, 0.4) is 0 Å². The number of anilines is 1. The third kappa shape index (κ3) is 7.62. The number of amides is 1. The number of allylic oxidation sites excluding steroid dienone is 1. The molecular weight excluding hydrogens is 721 g/mol. The fourth-order valence-electron chi connectivity index (χ4n) is 11.5. The van der Waals surface area contributed by atoms with Crippen molar-refractivity contribution in [2.75, 3.05) is 77.1 Å². The van der Waals surface area contributed by atoms with Crippen molar-refractivity contribution >= 4 is 22.6 Å². The maximum atomic E-state index is 14.3. The van der Waals surface area contributed by atoms with Crippen LogP contribution < -0.4 is 14.4 Å². The first-order valence-corrected chi connectivity index (χ1v) is 23.2. The molecule has 0 aromatic heterocycles. The summed E-state index contributed by atoms with van der Waals surface area (Å²) in [4.78, 5) is 21.9. The van der Waals surface area contributed by atoms with Gasteiger partial charge in [-0.1, -0.05) is 62.6 Å². The number of hydrogen-bond donors (Lipinski definition) is 1. The van der Waals surface area contributed by atoms with Gasteiger partial charge in [0.2, 0.25) is 0 Å². The largest absolute Gasteiger partial charge is 0.490 e. The molecule has 2 aromatic carbocycles. The highest BCUT2D eigenvalue weighted by Gasteiger charge is 2.50. The molecule has 0 radical (unpaired) electrons. The van der Waals surface area contributed by atoms with E-state index in [1.807, 2.05) is 18.2 Å². The van der Waals surface area contributed by atoms with Crippen molar-refractivity contribution in [2.45, 2.75) is 100 Å². The molecule has 2 saturated carbocycles. The second-order valence-electron chi connectivity index (χ2n) is 18.4. The molecule has 2 bridgehead atoms. The normalized spacial score (nSPS) is 36.1. The summed E-state index contributed by atoms with van der Waals surface area (Å²) in [5, 5.41) is -0.119. The lowest BCUT2D eigenvalue weighted by Gasteiger charge is -2.53. The Labute approximate surface area is 337 Å². The van der Waals surface area contributed by atoms with Gasteiger partial charge in [0, 0.05) is 69.4 Å². The van der Waals surface area contributed by atoms with E-state index in [0.717, 1.165) is 115 Å². The van der Waals surface area contributed by atoms with Crippen LogP contribution in [0.5, 0.6) is 5.75 Å². The molecule has 4 aliphatic heterocycles. The molecule has 1 spiro atoms. The van der Waals surface area contributed by atoms with E-state index in [-0.39, 0.29) is 22.5 Å². The number of nitrogens with zero attached hydrogens (tertiary/aromatic N) is 3. The van der Waals surface area contributed by atoms with Gasteiger partial charge in [-0.3, -0.25) is 19.3 Å². The number of hydrogen-bond acceptors (Lipinski definition) is 8. The van der Waals surface area contributed by atoms with Crippen LogP contribution in [-0.2, 0) is 32.3 Å². The van der Waals surface area contributed by atoms with Crippen molar-refractivity contribution in [3.63, 3.8) is 0 Å². The number of carbonyl (C=O) groups excluding carboxylic acids is 1. The summed E-state index contributed by atoms with van der Waals surface area (Å²) >= 11 is 0. The molecule has 8 atom stereocenters. The average molecular weight is 785 g/mol. The molecule has 56 heavy (non-hydrogen) atoms. The third-order valence-electron chi connectivity index (χ3n) is 15.0. The Hall–Kier alpha value is -2.76. The van der Waals surface area contributed by atoms with Crippen LogP contribution in [0.15, 0.2) is 54.6 Å². The van der Waals surface area contributed by atoms with Crippen molar-refractivity contribution in [3.05, 3.63) is 71.3 Å². The van der Waals surface area contributed by atoms with Crippen LogP contribution in [-0.4, -0.2) is 109 Å². The topological polar surface area (TPSA) is 83.6 Å². The van der Waals surface area contributed by atoms with Crippen molar-refractivity contribution in [1.29, 1.82) is 0 Å². The van der Waals surface area contributed by atoms with Gasteiger partial charge < -0.3 is 19.1 Å². The van der Waals surface area contributed by atoms with Crippen LogP contribution in [0.25, 0.3) is 0 Å². The molecule has 9 rings (SSSR count). The maximum absolute atomic E-state index is 14.3. The number of piperazine rings is 1. The molecule has 3 aliphatic carbocycles. The van der Waals surface area contributed by atoms with Gasteiger partial charge in [-0.05, 0) is 105 Å². The molecule has 4 heterocycles. The van der Waals surface area contributed by atoms with E-state index in [9.17, 15) is 9.00 Å². The average Bonchev–Trinajstić information content (AvgIpc) is 3.32. The zero-order valence-corrected chi connectivity index (χ0v) is 34.6. The molecule has 1 amide bonds. The van der Waals surface area contributed by atoms with Crippen molar-refractivity contribution < 1.29 is 23.2 Å². The van der Waals surface area contributed by atoms with Gasteiger partial charge in [0.05, 0.1) is 30.8 Å². The van der Waals surface area contributed by atoms with E-state index in [0.29, 0.717) is 42.6 Å². The first-order valence-electron chi connectivity index (χ1n) is 22.0. The highest BCUT2D eigenvalue weighted by atomic mass is 32.2. The SMILES string of the molecule is CCO[C@]1(CN2CCN3CCOCC3C2)/C=C/CC(C)C(CC2CCC2)S(=O)NC(=O)c2ccc3c(c2)N(CC2CCC21)C[C@@]1(CCCc2ccccc21)CO3. The lowest BCUT2D eigenvalue weighted by Crippen LogP contribution is -2.62. The van der Waals surface area contributed by atoms with E-state index in [4.69, 9.17) is 14.2 Å². The first kappa shape index (κ1) is 38.7. The zero-order valence-electron chi connectivity index (χ0n) is 33.8. The molecule has 2 saturated heterocycles. The van der Waals surface area contributed by atoms with Crippen molar-refractivity contribution in [2.24, 2.45) is 23.7 Å². The summed E-state index contributed by atoms with van der Waals surface area (Å²) in [6.07, 6.45) is 15.7. The van der Waals surface area contributed by atoms with Gasteiger partial charge in [-0.15, -0.1) is 0 Å². The fraction of sp³-hybridized carbons (Fsp3) is 0.674. The Morgan fingerprint density at radius 1 is 1.04 bits per heavy atom. The number of nitrogens with one attached hydrogen (secondary N) is 1. The molecule has 6 unspecified atom stereocenters. The molecular formula is C46H64N4O5S. The summed E-state index contributed by atoms with van der Waals surface area (Å²) < 4.78 is 37.2. The predicted octanol–water partition coefficient (Wildman–Crippen LogP) is 6.53. The molecule has 1 N–H and O–H groups in total. The monoisotopic (exact) mass is 784 g/mol. The maximum Gasteiger partial charge on any atom is 0.263 e. The Morgan fingerprint density at radius 3 is 2.75 bits per heavy atom. The molecule has 10 heteroatoms. The third-order valence-corrected chi connectivity index (χ3v) is 16.5. The van der Waals surface area contributed by atoms with Crippen LogP contribution in [0.1, 0.15) is 93.1 Å². The molecule has 7 aliphatic rings. The van der Waals surface area contributed by atoms with Gasteiger partial charge in [0.25, 0.3) is 5.91 Å². The van der Waals surface area contributed by atoms with Crippen LogP contribution >= 0.6 is 0 Å². The number of rotatable bonds is 6. The predicted molar refractivity (Wildman–Crippen MR) is 223 cm³/mol. The minimum Gasteiger partial charge on any atom is -0.490 e. The quantitative estimate of drug-likeness (QED) is 0.332. The van der Waals surface area contributed by atoms with E-state index < -0.39 is 16.6 Å². The van der Waals surface area contributed by atoms with Crippen LogP contribution in [0.4, 0.5) is 5.69 Å².